The van der Waals surface area contributed by atoms with Crippen molar-refractivity contribution < 1.29 is 14.6 Å². The van der Waals surface area contributed by atoms with Crippen molar-refractivity contribution in [2.75, 3.05) is 0 Å². The first-order chi connectivity index (χ1) is 8.02. The number of carboxylic acid groups (broad SMARTS) is 1. The number of allylic oxidation sites excluding steroid dienone is 1. The summed E-state index contributed by atoms with van der Waals surface area (Å²) in [5.74, 6) is -0.117. The van der Waals surface area contributed by atoms with Crippen LogP contribution in [-0.4, -0.2) is 17.2 Å². The summed E-state index contributed by atoms with van der Waals surface area (Å²) < 4.78 is 5.64. The Bertz CT molecular complexity index is 404. The van der Waals surface area contributed by atoms with Gasteiger partial charge in [-0.25, -0.2) is 4.79 Å². The second kappa shape index (κ2) is 6.09. The molecule has 1 atom stereocenters. The van der Waals surface area contributed by atoms with Crippen LogP contribution >= 0.6 is 0 Å². The molecule has 0 spiro atoms. The number of aliphatic carboxylic acids is 1. The van der Waals surface area contributed by atoms with Gasteiger partial charge in [-0.15, -0.1) is 0 Å². The normalized spacial score (nSPS) is 13.2. The van der Waals surface area contributed by atoms with Crippen molar-refractivity contribution in [2.24, 2.45) is 0 Å². The number of ether oxygens (including phenoxy) is 1. The second-order valence-electron chi connectivity index (χ2n) is 4.03. The lowest BCUT2D eigenvalue weighted by atomic mass is 10.1. The van der Waals surface area contributed by atoms with Crippen LogP contribution in [0.2, 0.25) is 0 Å². The van der Waals surface area contributed by atoms with Crippen LogP contribution in [-0.2, 0) is 4.79 Å². The number of hydrogen-bond donors (Lipinski definition) is 1. The summed E-state index contributed by atoms with van der Waals surface area (Å²) in [6, 6.07) is 7.46. The van der Waals surface area contributed by atoms with Crippen LogP contribution in [0.3, 0.4) is 0 Å². The lowest BCUT2D eigenvalue weighted by Gasteiger charge is -2.12. The van der Waals surface area contributed by atoms with E-state index in [0.717, 1.165) is 23.3 Å². The van der Waals surface area contributed by atoms with E-state index in [1.807, 2.05) is 31.2 Å². The van der Waals surface area contributed by atoms with E-state index in [9.17, 15) is 4.79 Å². The molecule has 0 saturated heterocycles. The molecule has 17 heavy (non-hydrogen) atoms. The Morgan fingerprint density at radius 3 is 2.47 bits per heavy atom. The minimum Gasteiger partial charge on any atom is -0.491 e. The Balaban J connectivity index is 2.77. The van der Waals surface area contributed by atoms with Gasteiger partial charge in [0.05, 0.1) is 6.10 Å². The molecule has 0 aromatic heterocycles. The van der Waals surface area contributed by atoms with Crippen LogP contribution in [0.25, 0.3) is 5.57 Å². The number of carboxylic acids is 1. The summed E-state index contributed by atoms with van der Waals surface area (Å²) in [5.41, 5.74) is 1.62. The molecule has 3 heteroatoms. The van der Waals surface area contributed by atoms with Crippen LogP contribution in [0.4, 0.5) is 0 Å². The van der Waals surface area contributed by atoms with Crippen molar-refractivity contribution in [1.82, 2.24) is 0 Å². The molecule has 92 valence electrons. The highest BCUT2D eigenvalue weighted by Crippen LogP contribution is 2.19. The average molecular weight is 234 g/mol. The molecule has 1 rings (SSSR count). The van der Waals surface area contributed by atoms with E-state index in [1.54, 1.807) is 6.92 Å². The Labute approximate surface area is 102 Å². The predicted octanol–water partition coefficient (Wildman–Crippen LogP) is 3.35. The molecule has 0 aliphatic carbocycles. The summed E-state index contributed by atoms with van der Waals surface area (Å²) in [5, 5.41) is 8.65. The standard InChI is InChI=1S/C14H18O3/c1-4-11(3)17-13-7-5-12(6-8-13)10(2)9-14(15)16/h5-9,11H,4H2,1-3H3,(H,15,16). The van der Waals surface area contributed by atoms with Crippen LogP contribution in [0.1, 0.15) is 32.8 Å². The molecule has 0 radical (unpaired) electrons. The Hall–Kier alpha value is -1.77. The minimum absolute atomic E-state index is 0.191. The molecular formula is C14H18O3. The molecule has 1 aromatic carbocycles. The quantitative estimate of drug-likeness (QED) is 0.795. The Morgan fingerprint density at radius 2 is 2.00 bits per heavy atom. The fraction of sp³-hybridized carbons (Fsp3) is 0.357. The second-order valence-corrected chi connectivity index (χ2v) is 4.03. The first-order valence-electron chi connectivity index (χ1n) is 5.71. The SMILES string of the molecule is CCC(C)Oc1ccc(C(C)=CC(=O)O)cc1. The smallest absolute Gasteiger partial charge is 0.328 e. The summed E-state index contributed by atoms with van der Waals surface area (Å²) >= 11 is 0. The molecule has 0 heterocycles. The van der Waals surface area contributed by atoms with Crippen molar-refractivity contribution in [1.29, 1.82) is 0 Å². The highest BCUT2D eigenvalue weighted by molar-refractivity contribution is 5.89. The molecule has 0 aliphatic rings. The van der Waals surface area contributed by atoms with Gasteiger partial charge in [0, 0.05) is 6.08 Å². The van der Waals surface area contributed by atoms with Crippen molar-refractivity contribution in [3.63, 3.8) is 0 Å². The summed E-state index contributed by atoms with van der Waals surface area (Å²) in [6.07, 6.45) is 2.35. The first kappa shape index (κ1) is 13.3. The molecule has 1 aromatic rings. The van der Waals surface area contributed by atoms with Crippen LogP contribution < -0.4 is 4.74 Å². The van der Waals surface area contributed by atoms with Crippen molar-refractivity contribution in [2.45, 2.75) is 33.3 Å². The lowest BCUT2D eigenvalue weighted by molar-refractivity contribution is -0.131. The van der Waals surface area contributed by atoms with Gasteiger partial charge in [0.1, 0.15) is 5.75 Å². The van der Waals surface area contributed by atoms with E-state index >= 15 is 0 Å². The fourth-order valence-corrected chi connectivity index (χ4v) is 1.38. The maximum Gasteiger partial charge on any atom is 0.328 e. The molecule has 0 bridgehead atoms. The predicted molar refractivity (Wildman–Crippen MR) is 68.1 cm³/mol. The van der Waals surface area contributed by atoms with Gasteiger partial charge in [0.2, 0.25) is 0 Å². The monoisotopic (exact) mass is 234 g/mol. The molecule has 0 amide bonds. The van der Waals surface area contributed by atoms with E-state index in [2.05, 4.69) is 6.92 Å². The van der Waals surface area contributed by atoms with E-state index in [0.29, 0.717) is 0 Å². The topological polar surface area (TPSA) is 46.5 Å². The van der Waals surface area contributed by atoms with Gasteiger partial charge in [-0.3, -0.25) is 0 Å². The molecule has 1 N–H and O–H groups in total. The third kappa shape index (κ3) is 4.31. The van der Waals surface area contributed by atoms with Crippen LogP contribution in [0.5, 0.6) is 5.75 Å². The van der Waals surface area contributed by atoms with Gasteiger partial charge >= 0.3 is 5.97 Å². The largest absolute Gasteiger partial charge is 0.491 e. The van der Waals surface area contributed by atoms with Gasteiger partial charge < -0.3 is 9.84 Å². The highest BCUT2D eigenvalue weighted by Gasteiger charge is 2.02. The Kier molecular flexibility index (Phi) is 4.76. The zero-order chi connectivity index (χ0) is 12.8. The third-order valence-electron chi connectivity index (χ3n) is 2.56. The molecule has 0 fully saturated rings. The van der Waals surface area contributed by atoms with Gasteiger partial charge in [0.15, 0.2) is 0 Å². The summed E-state index contributed by atoms with van der Waals surface area (Å²) in [4.78, 5) is 10.5. The third-order valence-corrected chi connectivity index (χ3v) is 2.56. The number of hydrogen-bond acceptors (Lipinski definition) is 2. The zero-order valence-corrected chi connectivity index (χ0v) is 10.4. The number of benzene rings is 1. The lowest BCUT2D eigenvalue weighted by Crippen LogP contribution is -2.09. The maximum atomic E-state index is 10.5. The average Bonchev–Trinajstić information content (AvgIpc) is 2.28. The molecule has 1 unspecified atom stereocenters. The van der Waals surface area contributed by atoms with E-state index in [-0.39, 0.29) is 6.10 Å². The molecular weight excluding hydrogens is 216 g/mol. The van der Waals surface area contributed by atoms with Crippen molar-refractivity contribution in [3.8, 4) is 5.75 Å². The maximum absolute atomic E-state index is 10.5. The van der Waals surface area contributed by atoms with Crippen molar-refractivity contribution >= 4 is 11.5 Å². The van der Waals surface area contributed by atoms with Crippen molar-refractivity contribution in [3.05, 3.63) is 35.9 Å². The van der Waals surface area contributed by atoms with Gasteiger partial charge in [-0.05, 0) is 43.5 Å². The van der Waals surface area contributed by atoms with E-state index in [4.69, 9.17) is 9.84 Å². The summed E-state index contributed by atoms with van der Waals surface area (Å²) in [7, 11) is 0. The van der Waals surface area contributed by atoms with Crippen LogP contribution in [0, 0.1) is 0 Å². The number of carbonyl (C=O) groups is 1. The summed E-state index contributed by atoms with van der Waals surface area (Å²) in [6.45, 7) is 5.86. The van der Waals surface area contributed by atoms with Gasteiger partial charge in [-0.1, -0.05) is 19.1 Å². The van der Waals surface area contributed by atoms with Gasteiger partial charge in [0.25, 0.3) is 0 Å². The fourth-order valence-electron chi connectivity index (χ4n) is 1.38. The minimum atomic E-state index is -0.928. The molecule has 0 saturated carbocycles. The highest BCUT2D eigenvalue weighted by atomic mass is 16.5. The van der Waals surface area contributed by atoms with E-state index < -0.39 is 5.97 Å². The first-order valence-corrected chi connectivity index (χ1v) is 5.71. The van der Waals surface area contributed by atoms with E-state index in [1.165, 1.54) is 6.08 Å². The molecule has 0 aliphatic heterocycles. The number of rotatable bonds is 5. The zero-order valence-electron chi connectivity index (χ0n) is 10.4. The molecule has 3 nitrogen and oxygen atoms in total. The van der Waals surface area contributed by atoms with Crippen LogP contribution in [0.15, 0.2) is 30.3 Å². The Morgan fingerprint density at radius 1 is 1.41 bits per heavy atom. The van der Waals surface area contributed by atoms with Gasteiger partial charge in [-0.2, -0.15) is 0 Å².